The van der Waals surface area contributed by atoms with Crippen molar-refractivity contribution in [3.63, 3.8) is 0 Å². The van der Waals surface area contributed by atoms with Crippen LogP contribution in [-0.4, -0.2) is 44.6 Å². The van der Waals surface area contributed by atoms with Crippen LogP contribution >= 0.6 is 27.5 Å². The number of aromatic nitrogens is 8. The van der Waals surface area contributed by atoms with E-state index in [1.807, 2.05) is 94.2 Å². The molecule has 0 spiro atoms. The van der Waals surface area contributed by atoms with E-state index in [9.17, 15) is 5.11 Å². The van der Waals surface area contributed by atoms with Gasteiger partial charge in [-0.25, -0.2) is 9.67 Å². The highest BCUT2D eigenvalue weighted by atomic mass is 79.9. The van der Waals surface area contributed by atoms with E-state index in [-0.39, 0.29) is 6.61 Å². The average molecular weight is 784 g/mol. The van der Waals surface area contributed by atoms with Crippen molar-refractivity contribution in [2.75, 3.05) is 0 Å². The Balaban J connectivity index is 1.22. The van der Waals surface area contributed by atoms with Gasteiger partial charge < -0.3 is 9.67 Å². The summed E-state index contributed by atoms with van der Waals surface area (Å²) in [6.07, 6.45) is 2.82. The fraction of sp³-hybridized carbons (Fsp3) is 0.167. The molecule has 5 aromatic carbocycles. The summed E-state index contributed by atoms with van der Waals surface area (Å²) in [4.78, 5) is 6.30. The molecule has 0 aliphatic carbocycles. The van der Waals surface area contributed by atoms with Crippen molar-refractivity contribution >= 4 is 38.4 Å². The lowest BCUT2D eigenvalue weighted by atomic mass is 9.77. The first-order valence-electron chi connectivity index (χ1n) is 17.6. The number of aryl methyl sites for hydroxylation is 1. The summed E-state index contributed by atoms with van der Waals surface area (Å²) >= 11 is 10.3. The summed E-state index contributed by atoms with van der Waals surface area (Å²) < 4.78 is 4.70. The number of fused-ring (bicyclic) bond motifs is 1. The van der Waals surface area contributed by atoms with E-state index in [2.05, 4.69) is 76.4 Å². The number of aliphatic hydroxyl groups excluding tert-OH is 1. The predicted octanol–water partition coefficient (Wildman–Crippen LogP) is 9.01. The number of imidazole rings is 1. The lowest BCUT2D eigenvalue weighted by Crippen LogP contribution is -2.39. The maximum atomic E-state index is 10.1. The minimum absolute atomic E-state index is 0.180. The molecule has 0 radical (unpaired) electrons. The SMILES string of the molecule is CCCCc1nc(Cl)c(CO)n1Cc1ccc2nn(-c3ccccc3-c3nnn(C(c4ccccc4)(c4ccccc4)c4ccccc4)n3)c(Br)c2c1. The molecular formula is C42H36BrClN8O. The van der Waals surface area contributed by atoms with Gasteiger partial charge in [0.25, 0.3) is 0 Å². The first-order valence-corrected chi connectivity index (χ1v) is 18.8. The molecule has 8 rings (SSSR count). The summed E-state index contributed by atoms with van der Waals surface area (Å²) in [7, 11) is 0. The molecule has 3 heterocycles. The van der Waals surface area contributed by atoms with E-state index in [1.165, 1.54) is 0 Å². The molecule has 1 N–H and O–H groups in total. The Morgan fingerprint density at radius 2 is 1.40 bits per heavy atom. The van der Waals surface area contributed by atoms with Crippen LogP contribution in [0.5, 0.6) is 0 Å². The number of rotatable bonds is 12. The van der Waals surface area contributed by atoms with Crippen LogP contribution in [0.15, 0.2) is 138 Å². The smallest absolute Gasteiger partial charge is 0.207 e. The third kappa shape index (κ3) is 6.26. The van der Waals surface area contributed by atoms with Gasteiger partial charge in [-0.1, -0.05) is 134 Å². The van der Waals surface area contributed by atoms with Gasteiger partial charge in [0.1, 0.15) is 10.4 Å². The van der Waals surface area contributed by atoms with Crippen molar-refractivity contribution in [3.05, 3.63) is 177 Å². The van der Waals surface area contributed by atoms with Crippen LogP contribution in [-0.2, 0) is 25.1 Å². The maximum absolute atomic E-state index is 10.1. The van der Waals surface area contributed by atoms with Crippen LogP contribution < -0.4 is 0 Å². The van der Waals surface area contributed by atoms with Crippen molar-refractivity contribution in [2.24, 2.45) is 0 Å². The molecule has 264 valence electrons. The maximum Gasteiger partial charge on any atom is 0.207 e. The summed E-state index contributed by atoms with van der Waals surface area (Å²) in [5.74, 6) is 1.34. The third-order valence-electron chi connectivity index (χ3n) is 9.69. The monoisotopic (exact) mass is 782 g/mol. The third-order valence-corrected chi connectivity index (χ3v) is 10.8. The van der Waals surface area contributed by atoms with Crippen LogP contribution in [0, 0.1) is 0 Å². The summed E-state index contributed by atoms with van der Waals surface area (Å²) in [5.41, 5.74) is 6.18. The first-order chi connectivity index (χ1) is 26.0. The number of hydrogen-bond donors (Lipinski definition) is 1. The Morgan fingerprint density at radius 3 is 2.02 bits per heavy atom. The number of benzene rings is 5. The van der Waals surface area contributed by atoms with Crippen LogP contribution in [0.4, 0.5) is 0 Å². The van der Waals surface area contributed by atoms with E-state index in [0.29, 0.717) is 23.2 Å². The molecule has 0 fully saturated rings. The highest BCUT2D eigenvalue weighted by Gasteiger charge is 2.41. The topological polar surface area (TPSA) is 99.5 Å². The van der Waals surface area contributed by atoms with Crippen LogP contribution in [0.3, 0.4) is 0 Å². The molecule has 0 atom stereocenters. The lowest BCUT2D eigenvalue weighted by Gasteiger charge is -2.34. The fourth-order valence-corrected chi connectivity index (χ4v) is 7.95. The summed E-state index contributed by atoms with van der Waals surface area (Å²) in [6.45, 7) is 2.49. The molecule has 0 aliphatic heterocycles. The summed E-state index contributed by atoms with van der Waals surface area (Å²) in [5, 5.41) is 31.1. The highest BCUT2D eigenvalue weighted by Crippen LogP contribution is 2.40. The number of para-hydroxylation sites is 1. The highest BCUT2D eigenvalue weighted by molar-refractivity contribution is 9.10. The zero-order chi connectivity index (χ0) is 36.4. The first kappa shape index (κ1) is 34.7. The fourth-order valence-electron chi connectivity index (χ4n) is 7.11. The van der Waals surface area contributed by atoms with Crippen LogP contribution in [0.2, 0.25) is 5.15 Å². The standard InChI is InChI=1S/C42H36BrClN8O/c1-2-3-23-38-45-40(44)37(28-53)50(38)27-29-24-25-35-34(26-29)39(43)51(47-35)36-22-14-13-21-33(36)41-46-49-52(48-41)42(30-15-7-4-8-16-30,31-17-9-5-10-18-31)32-19-11-6-12-20-32/h4-22,24-26,53H,2-3,23,27-28H2,1H3. The van der Waals surface area contributed by atoms with Crippen molar-refractivity contribution in [2.45, 2.75) is 44.9 Å². The van der Waals surface area contributed by atoms with Crippen LogP contribution in [0.1, 0.15) is 53.5 Å². The predicted molar refractivity (Wildman–Crippen MR) is 211 cm³/mol. The molecule has 0 bridgehead atoms. The molecule has 11 heteroatoms. The van der Waals surface area contributed by atoms with Crippen molar-refractivity contribution < 1.29 is 5.11 Å². The second kappa shape index (κ2) is 14.9. The van der Waals surface area contributed by atoms with Crippen LogP contribution in [0.25, 0.3) is 28.0 Å². The zero-order valence-electron chi connectivity index (χ0n) is 29.0. The van der Waals surface area contributed by atoms with Gasteiger partial charge in [-0.2, -0.15) is 5.10 Å². The molecule has 0 unspecified atom stereocenters. The Morgan fingerprint density at radius 1 is 0.774 bits per heavy atom. The van der Waals surface area contributed by atoms with Crippen molar-refractivity contribution in [1.29, 1.82) is 0 Å². The Bertz CT molecular complexity index is 2400. The van der Waals surface area contributed by atoms with E-state index in [4.69, 9.17) is 32.1 Å². The van der Waals surface area contributed by atoms with Gasteiger partial charge in [0.15, 0.2) is 10.7 Å². The van der Waals surface area contributed by atoms with E-state index in [1.54, 1.807) is 4.80 Å². The van der Waals surface area contributed by atoms with E-state index < -0.39 is 5.54 Å². The minimum Gasteiger partial charge on any atom is -0.390 e. The van der Waals surface area contributed by atoms with Crippen molar-refractivity contribution in [1.82, 2.24) is 39.5 Å². The van der Waals surface area contributed by atoms with Crippen molar-refractivity contribution in [3.8, 4) is 17.1 Å². The normalized spacial score (nSPS) is 11.8. The summed E-state index contributed by atoms with van der Waals surface area (Å²) in [6, 6.07) is 45.0. The number of tetrazole rings is 1. The Hall–Kier alpha value is -5.42. The molecule has 0 saturated carbocycles. The molecule has 0 aliphatic rings. The van der Waals surface area contributed by atoms with Gasteiger partial charge in [-0.15, -0.1) is 15.0 Å². The van der Waals surface area contributed by atoms with Gasteiger partial charge >= 0.3 is 0 Å². The largest absolute Gasteiger partial charge is 0.390 e. The van der Waals surface area contributed by atoms with Gasteiger partial charge in [0.2, 0.25) is 5.82 Å². The second-order valence-corrected chi connectivity index (χ2v) is 14.0. The number of unbranched alkanes of at least 4 members (excludes halogenated alkanes) is 1. The van der Waals surface area contributed by atoms with E-state index >= 15 is 0 Å². The van der Waals surface area contributed by atoms with Gasteiger partial charge in [-0.3, -0.25) is 0 Å². The Labute approximate surface area is 320 Å². The quantitative estimate of drug-likeness (QED) is 0.124. The number of hydrogen-bond acceptors (Lipinski definition) is 6. The lowest BCUT2D eigenvalue weighted by molar-refractivity contribution is 0.271. The number of nitrogens with zero attached hydrogens (tertiary/aromatic N) is 8. The molecule has 53 heavy (non-hydrogen) atoms. The number of aliphatic hydroxyl groups is 1. The average Bonchev–Trinajstić information content (AvgIpc) is 3.91. The molecule has 0 saturated heterocycles. The molecule has 3 aromatic heterocycles. The Kier molecular flexibility index (Phi) is 9.74. The molecule has 0 amide bonds. The second-order valence-electron chi connectivity index (χ2n) is 12.9. The van der Waals surface area contributed by atoms with Gasteiger partial charge in [0, 0.05) is 23.9 Å². The molecular weight excluding hydrogens is 748 g/mol. The number of halogens is 2. The molecule has 8 aromatic rings. The van der Waals surface area contributed by atoms with Gasteiger partial charge in [-0.05, 0) is 74.1 Å². The van der Waals surface area contributed by atoms with E-state index in [0.717, 1.165) is 74.1 Å². The zero-order valence-corrected chi connectivity index (χ0v) is 31.4. The minimum atomic E-state index is -0.896. The molecule has 9 nitrogen and oxygen atoms in total. The van der Waals surface area contributed by atoms with Gasteiger partial charge in [0.05, 0.1) is 23.5 Å².